The SMILES string of the molecule is c1ccc(-c2nc(-c3ccccc3)nc(-c3cc(-c4ccccc4)c(-n4c5ccccc5c5c6sc7ccccc7c6ccc54)c(-c4ccccc4)c3)n2)cc1. The van der Waals surface area contributed by atoms with Crippen molar-refractivity contribution in [1.29, 1.82) is 0 Å². The van der Waals surface area contributed by atoms with Crippen LogP contribution in [-0.2, 0) is 0 Å². The summed E-state index contributed by atoms with van der Waals surface area (Å²) in [6.07, 6.45) is 0. The molecule has 4 nitrogen and oxygen atoms in total. The van der Waals surface area contributed by atoms with Gasteiger partial charge in [-0.25, -0.2) is 15.0 Å². The van der Waals surface area contributed by atoms with Crippen LogP contribution in [0.4, 0.5) is 0 Å². The van der Waals surface area contributed by atoms with Crippen molar-refractivity contribution in [3.05, 3.63) is 194 Å². The quantitative estimate of drug-likeness (QED) is 0.171. The van der Waals surface area contributed by atoms with Gasteiger partial charge in [0.25, 0.3) is 0 Å². The van der Waals surface area contributed by atoms with Gasteiger partial charge < -0.3 is 4.57 Å². The second-order valence-corrected chi connectivity index (χ2v) is 15.0. The Balaban J connectivity index is 1.26. The van der Waals surface area contributed by atoms with E-state index in [0.29, 0.717) is 17.5 Å². The van der Waals surface area contributed by atoms with E-state index in [-0.39, 0.29) is 0 Å². The molecule has 0 aliphatic rings. The number of rotatable bonds is 6. The predicted octanol–water partition coefficient (Wildman–Crippen LogP) is 13.7. The highest BCUT2D eigenvalue weighted by Gasteiger charge is 2.24. The largest absolute Gasteiger partial charge is 0.308 e. The van der Waals surface area contributed by atoms with Gasteiger partial charge in [-0.15, -0.1) is 11.3 Å². The van der Waals surface area contributed by atoms with E-state index in [4.69, 9.17) is 15.0 Å². The highest BCUT2D eigenvalue weighted by Crippen LogP contribution is 2.47. The fourth-order valence-electron chi connectivity index (χ4n) is 8.09. The zero-order valence-electron chi connectivity index (χ0n) is 30.2. The van der Waals surface area contributed by atoms with Gasteiger partial charge in [-0.2, -0.15) is 0 Å². The predicted molar refractivity (Wildman–Crippen MR) is 234 cm³/mol. The molecule has 0 radical (unpaired) electrons. The summed E-state index contributed by atoms with van der Waals surface area (Å²) in [5, 5.41) is 5.10. The number of nitrogens with zero attached hydrogens (tertiary/aromatic N) is 4. The zero-order chi connectivity index (χ0) is 37.0. The van der Waals surface area contributed by atoms with Crippen molar-refractivity contribution in [2.24, 2.45) is 0 Å². The van der Waals surface area contributed by atoms with E-state index >= 15 is 0 Å². The van der Waals surface area contributed by atoms with Crippen LogP contribution in [0.15, 0.2) is 194 Å². The molecule has 0 unspecified atom stereocenters. The molecule has 0 aliphatic carbocycles. The van der Waals surface area contributed by atoms with E-state index in [2.05, 4.69) is 162 Å². The molecule has 11 rings (SSSR count). The van der Waals surface area contributed by atoms with Crippen LogP contribution in [0.1, 0.15) is 0 Å². The number of thiophene rings is 1. The minimum absolute atomic E-state index is 0.618. The average Bonchev–Trinajstić information content (AvgIpc) is 3.83. The molecule has 0 atom stereocenters. The van der Waals surface area contributed by atoms with Crippen LogP contribution in [0.2, 0.25) is 0 Å². The Morgan fingerprint density at radius 1 is 0.357 bits per heavy atom. The molecule has 0 saturated heterocycles. The summed E-state index contributed by atoms with van der Waals surface area (Å²) in [6, 6.07) is 68.5. The summed E-state index contributed by atoms with van der Waals surface area (Å²) in [4.78, 5) is 15.4. The van der Waals surface area contributed by atoms with Crippen LogP contribution < -0.4 is 0 Å². The summed E-state index contributed by atoms with van der Waals surface area (Å²) in [6.45, 7) is 0. The smallest absolute Gasteiger partial charge is 0.164 e. The summed E-state index contributed by atoms with van der Waals surface area (Å²) in [7, 11) is 0. The lowest BCUT2D eigenvalue weighted by Crippen LogP contribution is -2.04. The first-order chi connectivity index (χ1) is 27.8. The molecular formula is C51H32N4S. The van der Waals surface area contributed by atoms with Gasteiger partial charge in [0.2, 0.25) is 0 Å². The minimum atomic E-state index is 0.618. The minimum Gasteiger partial charge on any atom is -0.308 e. The van der Waals surface area contributed by atoms with Crippen molar-refractivity contribution in [2.45, 2.75) is 0 Å². The fraction of sp³-hybridized carbons (Fsp3) is 0. The number of hydrogen-bond acceptors (Lipinski definition) is 4. The molecule has 262 valence electrons. The zero-order valence-corrected chi connectivity index (χ0v) is 31.0. The molecular weight excluding hydrogens is 701 g/mol. The Morgan fingerprint density at radius 2 is 0.821 bits per heavy atom. The summed E-state index contributed by atoms with van der Waals surface area (Å²) in [5.74, 6) is 1.89. The van der Waals surface area contributed by atoms with E-state index in [0.717, 1.165) is 50.1 Å². The van der Waals surface area contributed by atoms with Crippen LogP contribution in [0.3, 0.4) is 0 Å². The number of fused-ring (bicyclic) bond motifs is 7. The monoisotopic (exact) mass is 732 g/mol. The number of benzene rings is 8. The van der Waals surface area contributed by atoms with Crippen molar-refractivity contribution in [2.75, 3.05) is 0 Å². The molecule has 0 fully saturated rings. The van der Waals surface area contributed by atoms with E-state index in [9.17, 15) is 0 Å². The molecule has 0 aliphatic heterocycles. The maximum atomic E-state index is 5.19. The molecule has 0 amide bonds. The molecule has 3 heterocycles. The summed E-state index contributed by atoms with van der Waals surface area (Å²) in [5.41, 5.74) is 10.6. The van der Waals surface area contributed by atoms with E-state index < -0.39 is 0 Å². The molecule has 0 bridgehead atoms. The Morgan fingerprint density at radius 3 is 1.39 bits per heavy atom. The normalized spacial score (nSPS) is 11.6. The van der Waals surface area contributed by atoms with Crippen molar-refractivity contribution in [3.63, 3.8) is 0 Å². The van der Waals surface area contributed by atoms with Crippen molar-refractivity contribution >= 4 is 53.3 Å². The van der Waals surface area contributed by atoms with Gasteiger partial charge >= 0.3 is 0 Å². The first-order valence-corrected chi connectivity index (χ1v) is 19.6. The van der Waals surface area contributed by atoms with Crippen LogP contribution in [0.5, 0.6) is 0 Å². The lowest BCUT2D eigenvalue weighted by molar-refractivity contribution is 1.07. The van der Waals surface area contributed by atoms with Crippen LogP contribution in [0, 0.1) is 0 Å². The van der Waals surface area contributed by atoms with Crippen molar-refractivity contribution in [1.82, 2.24) is 19.5 Å². The summed E-state index contributed by atoms with van der Waals surface area (Å²) < 4.78 is 5.10. The molecule has 56 heavy (non-hydrogen) atoms. The topological polar surface area (TPSA) is 43.6 Å². The first-order valence-electron chi connectivity index (χ1n) is 18.8. The fourth-order valence-corrected chi connectivity index (χ4v) is 9.35. The number of para-hydroxylation sites is 1. The van der Waals surface area contributed by atoms with Gasteiger partial charge in [0.05, 0.1) is 16.7 Å². The van der Waals surface area contributed by atoms with Gasteiger partial charge in [0.15, 0.2) is 17.5 Å². The lowest BCUT2D eigenvalue weighted by atomic mass is 9.92. The van der Waals surface area contributed by atoms with E-state index in [1.54, 1.807) is 0 Å². The molecule has 11 aromatic rings. The highest BCUT2D eigenvalue weighted by atomic mass is 32.1. The molecule has 5 heteroatoms. The number of hydrogen-bond donors (Lipinski definition) is 0. The summed E-state index contributed by atoms with van der Waals surface area (Å²) >= 11 is 1.88. The van der Waals surface area contributed by atoms with Gasteiger partial charge in [-0.1, -0.05) is 164 Å². The molecule has 0 N–H and O–H groups in total. The van der Waals surface area contributed by atoms with E-state index in [1.807, 2.05) is 47.7 Å². The van der Waals surface area contributed by atoms with Crippen LogP contribution >= 0.6 is 11.3 Å². The van der Waals surface area contributed by atoms with Crippen LogP contribution in [0.25, 0.3) is 104 Å². The molecule has 3 aromatic heterocycles. The maximum Gasteiger partial charge on any atom is 0.164 e. The highest BCUT2D eigenvalue weighted by molar-refractivity contribution is 7.26. The standard InChI is InChI=1S/C51H32N4S/c1-5-17-33(18-6-1)41-31-37(51-53-49(35-21-9-3-10-22-35)52-50(54-51)36-23-11-4-12-24-36)32-42(34-19-7-2-8-20-34)47(41)55-43-27-15-13-26-40(43)46-44(55)30-29-39-38-25-14-16-28-45(38)56-48(39)46/h1-32H. The third-order valence-corrected chi connectivity index (χ3v) is 11.8. The Labute approximate surface area is 327 Å². The first kappa shape index (κ1) is 32.2. The second-order valence-electron chi connectivity index (χ2n) is 14.0. The molecule has 8 aromatic carbocycles. The Bertz CT molecular complexity index is 3110. The Hall–Kier alpha value is -7.21. The average molecular weight is 733 g/mol. The third kappa shape index (κ3) is 5.32. The van der Waals surface area contributed by atoms with Crippen molar-refractivity contribution in [3.8, 4) is 62.1 Å². The molecule has 0 spiro atoms. The van der Waals surface area contributed by atoms with E-state index in [1.165, 1.54) is 36.5 Å². The van der Waals surface area contributed by atoms with Gasteiger partial charge in [-0.05, 0) is 41.5 Å². The molecule has 0 saturated carbocycles. The lowest BCUT2D eigenvalue weighted by Gasteiger charge is -2.21. The van der Waals surface area contributed by atoms with Crippen molar-refractivity contribution < 1.29 is 0 Å². The number of aromatic nitrogens is 4. The third-order valence-electron chi connectivity index (χ3n) is 10.6. The van der Waals surface area contributed by atoms with Crippen LogP contribution in [-0.4, -0.2) is 19.5 Å². The van der Waals surface area contributed by atoms with Gasteiger partial charge in [-0.3, -0.25) is 0 Å². The van der Waals surface area contributed by atoms with Gasteiger partial charge in [0, 0.05) is 58.8 Å². The second kappa shape index (κ2) is 13.3. The Kier molecular flexibility index (Phi) is 7.64. The maximum absolute atomic E-state index is 5.19. The van der Waals surface area contributed by atoms with Gasteiger partial charge in [0.1, 0.15) is 0 Å².